The van der Waals surface area contributed by atoms with Crippen molar-refractivity contribution in [1.29, 1.82) is 0 Å². The zero-order chi connectivity index (χ0) is 19.7. The Morgan fingerprint density at radius 3 is 2.59 bits per heavy atom. The van der Waals surface area contributed by atoms with E-state index in [1.807, 2.05) is 39.0 Å². The largest absolute Gasteiger partial charge is 0.444 e. The lowest BCUT2D eigenvalue weighted by Crippen LogP contribution is -2.52. The van der Waals surface area contributed by atoms with Gasteiger partial charge in [0, 0.05) is 18.4 Å². The third-order valence-corrected chi connectivity index (χ3v) is 4.71. The highest BCUT2D eigenvalue weighted by Gasteiger charge is 2.32. The van der Waals surface area contributed by atoms with E-state index in [9.17, 15) is 9.59 Å². The van der Waals surface area contributed by atoms with Gasteiger partial charge in [-0.2, -0.15) is 0 Å². The Balaban J connectivity index is 1.86. The Hall–Kier alpha value is -2.11. The number of amides is 2. The van der Waals surface area contributed by atoms with Gasteiger partial charge in [-0.3, -0.25) is 9.78 Å². The van der Waals surface area contributed by atoms with E-state index in [1.165, 1.54) is 6.42 Å². The number of aromatic nitrogens is 1. The summed E-state index contributed by atoms with van der Waals surface area (Å²) in [6.45, 7) is 6.02. The van der Waals surface area contributed by atoms with E-state index < -0.39 is 17.7 Å². The molecule has 1 aliphatic carbocycles. The Morgan fingerprint density at radius 1 is 1.22 bits per heavy atom. The summed E-state index contributed by atoms with van der Waals surface area (Å²) in [6.07, 6.45) is 8.19. The summed E-state index contributed by atoms with van der Waals surface area (Å²) in [5, 5.41) is 5.80. The number of alkyl carbamates (subject to hydrolysis) is 1. The van der Waals surface area contributed by atoms with Crippen LogP contribution >= 0.6 is 0 Å². The second-order valence-corrected chi connectivity index (χ2v) is 8.24. The van der Waals surface area contributed by atoms with E-state index in [2.05, 4.69) is 15.6 Å². The summed E-state index contributed by atoms with van der Waals surface area (Å²) >= 11 is 0. The van der Waals surface area contributed by atoms with Gasteiger partial charge in [-0.1, -0.05) is 25.3 Å². The normalized spacial score (nSPS) is 16.4. The van der Waals surface area contributed by atoms with Crippen LogP contribution in [0.4, 0.5) is 4.79 Å². The van der Waals surface area contributed by atoms with Crippen molar-refractivity contribution in [3.05, 3.63) is 30.1 Å². The van der Waals surface area contributed by atoms with Crippen molar-refractivity contribution in [3.63, 3.8) is 0 Å². The number of hydrogen-bond donors (Lipinski definition) is 2. The van der Waals surface area contributed by atoms with Crippen LogP contribution in [-0.4, -0.2) is 35.2 Å². The molecular formula is C21H33N3O3. The lowest BCUT2D eigenvalue weighted by atomic mass is 9.83. The molecule has 1 aromatic rings. The monoisotopic (exact) mass is 375 g/mol. The molecule has 0 radical (unpaired) electrons. The molecule has 6 heteroatoms. The highest BCUT2D eigenvalue weighted by atomic mass is 16.6. The van der Waals surface area contributed by atoms with Gasteiger partial charge in [-0.15, -0.1) is 0 Å². The molecule has 0 spiro atoms. The molecule has 0 bridgehead atoms. The molecule has 1 saturated carbocycles. The first-order valence-corrected chi connectivity index (χ1v) is 10.0. The number of aryl methyl sites for hydroxylation is 1. The topological polar surface area (TPSA) is 80.3 Å². The fraction of sp³-hybridized carbons (Fsp3) is 0.667. The summed E-state index contributed by atoms with van der Waals surface area (Å²) in [6, 6.07) is 5.30. The molecule has 1 heterocycles. The molecular weight excluding hydrogens is 342 g/mol. The number of carbonyl (C=O) groups is 2. The molecule has 0 aliphatic heterocycles. The number of nitrogens with zero attached hydrogens (tertiary/aromatic N) is 1. The fourth-order valence-corrected chi connectivity index (χ4v) is 3.44. The molecule has 27 heavy (non-hydrogen) atoms. The standard InChI is InChI=1S/C21H33N3O3/c1-21(2,3)27-20(26)24-18(16-10-5-4-6-11-16)19(25)23-15-9-13-17-12-7-8-14-22-17/h7-8,12,14,16,18H,4-6,9-11,13,15H2,1-3H3,(H,23,25)(H,24,26). The summed E-state index contributed by atoms with van der Waals surface area (Å²) < 4.78 is 5.35. The summed E-state index contributed by atoms with van der Waals surface area (Å²) in [5.41, 5.74) is 0.433. The lowest BCUT2D eigenvalue weighted by molar-refractivity contribution is -0.124. The molecule has 1 aromatic heterocycles. The average Bonchev–Trinajstić information content (AvgIpc) is 2.63. The molecule has 1 atom stereocenters. The molecule has 2 N–H and O–H groups in total. The fourth-order valence-electron chi connectivity index (χ4n) is 3.44. The smallest absolute Gasteiger partial charge is 0.408 e. The maximum absolute atomic E-state index is 12.8. The van der Waals surface area contributed by atoms with Crippen molar-refractivity contribution in [1.82, 2.24) is 15.6 Å². The Morgan fingerprint density at radius 2 is 1.96 bits per heavy atom. The van der Waals surface area contributed by atoms with E-state index >= 15 is 0 Å². The summed E-state index contributed by atoms with van der Waals surface area (Å²) in [5.74, 6) is 0.0517. The van der Waals surface area contributed by atoms with Crippen LogP contribution in [0, 0.1) is 5.92 Å². The van der Waals surface area contributed by atoms with Crippen LogP contribution in [0.3, 0.4) is 0 Å². The van der Waals surface area contributed by atoms with Gasteiger partial charge >= 0.3 is 6.09 Å². The Labute approximate surface area is 162 Å². The number of ether oxygens (including phenoxy) is 1. The van der Waals surface area contributed by atoms with Crippen molar-refractivity contribution in [3.8, 4) is 0 Å². The molecule has 150 valence electrons. The van der Waals surface area contributed by atoms with E-state index in [4.69, 9.17) is 4.74 Å². The Bertz CT molecular complexity index is 592. The Kier molecular flexibility index (Phi) is 8.07. The molecule has 6 nitrogen and oxygen atoms in total. The van der Waals surface area contributed by atoms with E-state index in [0.717, 1.165) is 44.2 Å². The van der Waals surface area contributed by atoms with Crippen molar-refractivity contribution < 1.29 is 14.3 Å². The minimum Gasteiger partial charge on any atom is -0.444 e. The average molecular weight is 376 g/mol. The van der Waals surface area contributed by atoms with Gasteiger partial charge < -0.3 is 15.4 Å². The van der Waals surface area contributed by atoms with Crippen LogP contribution in [-0.2, 0) is 16.0 Å². The highest BCUT2D eigenvalue weighted by molar-refractivity contribution is 5.86. The second kappa shape index (κ2) is 10.3. The predicted octanol–water partition coefficient (Wildman–Crippen LogP) is 3.60. The molecule has 0 aromatic carbocycles. The van der Waals surface area contributed by atoms with Gasteiger partial charge in [-0.25, -0.2) is 4.79 Å². The minimum atomic E-state index is -0.583. The molecule has 0 saturated heterocycles. The maximum atomic E-state index is 12.8. The SMILES string of the molecule is CC(C)(C)OC(=O)NC(C(=O)NCCCc1ccccn1)C1CCCCC1. The van der Waals surface area contributed by atoms with Crippen molar-refractivity contribution in [2.45, 2.75) is 77.4 Å². The second-order valence-electron chi connectivity index (χ2n) is 8.24. The number of rotatable bonds is 7. The minimum absolute atomic E-state index is 0.117. The van der Waals surface area contributed by atoms with Gasteiger partial charge in [0.05, 0.1) is 0 Å². The highest BCUT2D eigenvalue weighted by Crippen LogP contribution is 2.27. The van der Waals surface area contributed by atoms with Crippen LogP contribution in [0.1, 0.15) is 65.0 Å². The molecule has 1 unspecified atom stereocenters. The zero-order valence-corrected chi connectivity index (χ0v) is 16.8. The molecule has 2 amide bonds. The summed E-state index contributed by atoms with van der Waals surface area (Å²) in [4.78, 5) is 29.3. The lowest BCUT2D eigenvalue weighted by Gasteiger charge is -2.31. The van der Waals surface area contributed by atoms with Crippen LogP contribution in [0.2, 0.25) is 0 Å². The predicted molar refractivity (Wildman–Crippen MR) is 105 cm³/mol. The number of pyridine rings is 1. The van der Waals surface area contributed by atoms with Gasteiger partial charge in [-0.05, 0) is 64.5 Å². The summed E-state index contributed by atoms with van der Waals surface area (Å²) in [7, 11) is 0. The third kappa shape index (κ3) is 7.97. The number of carbonyl (C=O) groups excluding carboxylic acids is 2. The van der Waals surface area contributed by atoms with E-state index in [0.29, 0.717) is 6.54 Å². The first-order chi connectivity index (χ1) is 12.8. The molecule has 1 fully saturated rings. The van der Waals surface area contributed by atoms with E-state index in [1.54, 1.807) is 6.20 Å². The first kappa shape index (κ1) is 21.2. The van der Waals surface area contributed by atoms with Gasteiger partial charge in [0.1, 0.15) is 11.6 Å². The van der Waals surface area contributed by atoms with Crippen LogP contribution in [0.15, 0.2) is 24.4 Å². The first-order valence-electron chi connectivity index (χ1n) is 10.0. The third-order valence-electron chi connectivity index (χ3n) is 4.71. The van der Waals surface area contributed by atoms with Crippen molar-refractivity contribution in [2.24, 2.45) is 5.92 Å². The maximum Gasteiger partial charge on any atom is 0.408 e. The quantitative estimate of drug-likeness (QED) is 0.714. The number of nitrogens with one attached hydrogen (secondary N) is 2. The van der Waals surface area contributed by atoms with E-state index in [-0.39, 0.29) is 11.8 Å². The van der Waals surface area contributed by atoms with Crippen LogP contribution in [0.5, 0.6) is 0 Å². The zero-order valence-electron chi connectivity index (χ0n) is 16.8. The van der Waals surface area contributed by atoms with Gasteiger partial charge in [0.25, 0.3) is 0 Å². The van der Waals surface area contributed by atoms with Crippen molar-refractivity contribution >= 4 is 12.0 Å². The van der Waals surface area contributed by atoms with Crippen molar-refractivity contribution in [2.75, 3.05) is 6.54 Å². The van der Waals surface area contributed by atoms with Gasteiger partial charge in [0.15, 0.2) is 0 Å². The number of hydrogen-bond acceptors (Lipinski definition) is 4. The molecule has 2 rings (SSSR count). The van der Waals surface area contributed by atoms with Gasteiger partial charge in [0.2, 0.25) is 5.91 Å². The van der Waals surface area contributed by atoms with Crippen LogP contribution in [0.25, 0.3) is 0 Å². The molecule has 1 aliphatic rings. The van der Waals surface area contributed by atoms with Crippen LogP contribution < -0.4 is 10.6 Å².